The van der Waals surface area contributed by atoms with E-state index in [4.69, 9.17) is 16.9 Å². The second-order valence-corrected chi connectivity index (χ2v) is 6.58. The second kappa shape index (κ2) is 5.17. The van der Waals surface area contributed by atoms with Crippen LogP contribution in [-0.2, 0) is 0 Å². The van der Waals surface area contributed by atoms with Crippen LogP contribution in [0, 0.1) is 16.7 Å². The molecule has 2 nitrogen and oxygen atoms in total. The van der Waals surface area contributed by atoms with Crippen LogP contribution in [0.4, 0.5) is 5.69 Å². The van der Waals surface area contributed by atoms with Crippen LogP contribution >= 0.6 is 43.5 Å². The standard InChI is InChI=1S/C12H11Br2ClN2/c13-9-5-8(15)6-10(14)11(9)17-7-12(1-2-12)3-4-16/h5-6,17H,1-3,7H2. The van der Waals surface area contributed by atoms with Crippen LogP contribution in [0.15, 0.2) is 21.1 Å². The molecule has 1 fully saturated rings. The smallest absolute Gasteiger partial charge is 0.0630 e. The van der Waals surface area contributed by atoms with Gasteiger partial charge in [0.2, 0.25) is 0 Å². The minimum Gasteiger partial charge on any atom is -0.383 e. The highest BCUT2D eigenvalue weighted by atomic mass is 79.9. The van der Waals surface area contributed by atoms with Crippen molar-refractivity contribution < 1.29 is 0 Å². The molecule has 1 aromatic carbocycles. The number of nitriles is 1. The molecule has 1 aromatic rings. The molecular weight excluding hydrogens is 367 g/mol. The number of hydrogen-bond donors (Lipinski definition) is 1. The highest BCUT2D eigenvalue weighted by Gasteiger charge is 2.42. The van der Waals surface area contributed by atoms with Crippen LogP contribution in [0.3, 0.4) is 0 Å². The van der Waals surface area contributed by atoms with E-state index in [2.05, 4.69) is 43.2 Å². The van der Waals surface area contributed by atoms with Gasteiger partial charge < -0.3 is 5.32 Å². The number of hydrogen-bond acceptors (Lipinski definition) is 2. The van der Waals surface area contributed by atoms with Crippen LogP contribution < -0.4 is 5.32 Å². The van der Waals surface area contributed by atoms with E-state index in [9.17, 15) is 0 Å². The number of rotatable bonds is 4. The number of benzene rings is 1. The molecule has 90 valence electrons. The van der Waals surface area contributed by atoms with Crippen molar-refractivity contribution in [2.24, 2.45) is 5.41 Å². The average molecular weight is 378 g/mol. The molecule has 17 heavy (non-hydrogen) atoms. The lowest BCUT2D eigenvalue weighted by Gasteiger charge is -2.16. The summed E-state index contributed by atoms with van der Waals surface area (Å²) in [5.41, 5.74) is 1.19. The summed E-state index contributed by atoms with van der Waals surface area (Å²) in [6.07, 6.45) is 2.90. The van der Waals surface area contributed by atoms with Gasteiger partial charge in [0, 0.05) is 32.3 Å². The van der Waals surface area contributed by atoms with Crippen molar-refractivity contribution in [3.8, 4) is 6.07 Å². The van der Waals surface area contributed by atoms with E-state index in [0.29, 0.717) is 11.4 Å². The maximum absolute atomic E-state index is 8.77. The van der Waals surface area contributed by atoms with E-state index in [-0.39, 0.29) is 5.41 Å². The van der Waals surface area contributed by atoms with Gasteiger partial charge in [0.15, 0.2) is 0 Å². The van der Waals surface area contributed by atoms with Crippen LogP contribution in [0.25, 0.3) is 0 Å². The van der Waals surface area contributed by atoms with Gasteiger partial charge >= 0.3 is 0 Å². The molecule has 1 N–H and O–H groups in total. The molecule has 0 saturated heterocycles. The molecule has 0 heterocycles. The molecule has 0 unspecified atom stereocenters. The highest BCUT2D eigenvalue weighted by Crippen LogP contribution is 2.49. The Balaban J connectivity index is 2.07. The zero-order chi connectivity index (χ0) is 12.5. The maximum atomic E-state index is 8.77. The molecule has 2 rings (SSSR count). The maximum Gasteiger partial charge on any atom is 0.0630 e. The molecule has 1 aliphatic carbocycles. The lowest BCUT2D eigenvalue weighted by molar-refractivity contribution is 0.557. The van der Waals surface area contributed by atoms with Gasteiger partial charge in [-0.25, -0.2) is 0 Å². The van der Waals surface area contributed by atoms with E-state index >= 15 is 0 Å². The quantitative estimate of drug-likeness (QED) is 0.803. The SMILES string of the molecule is N#CCC1(CNc2c(Br)cc(Cl)cc2Br)CC1. The monoisotopic (exact) mass is 376 g/mol. The largest absolute Gasteiger partial charge is 0.383 e. The summed E-state index contributed by atoms with van der Waals surface area (Å²) in [5.74, 6) is 0. The van der Waals surface area contributed by atoms with Crippen LogP contribution in [0.1, 0.15) is 19.3 Å². The molecule has 0 spiro atoms. The Bertz CT molecular complexity index is 455. The first-order chi connectivity index (χ1) is 8.06. The summed E-state index contributed by atoms with van der Waals surface area (Å²) in [7, 11) is 0. The molecule has 0 aliphatic heterocycles. The fourth-order valence-electron chi connectivity index (χ4n) is 1.75. The molecule has 0 radical (unpaired) electrons. The van der Waals surface area contributed by atoms with Crippen LogP contribution in [0.5, 0.6) is 0 Å². The zero-order valence-electron chi connectivity index (χ0n) is 9.06. The first-order valence-corrected chi connectivity index (χ1v) is 7.28. The fraction of sp³-hybridized carbons (Fsp3) is 0.417. The zero-order valence-corrected chi connectivity index (χ0v) is 13.0. The molecule has 0 aromatic heterocycles. The van der Waals surface area contributed by atoms with Crippen molar-refractivity contribution in [2.45, 2.75) is 19.3 Å². The highest BCUT2D eigenvalue weighted by molar-refractivity contribution is 9.11. The minimum absolute atomic E-state index is 0.188. The Kier molecular flexibility index (Phi) is 4.02. The molecule has 0 bridgehead atoms. The molecule has 1 aliphatic rings. The van der Waals surface area contributed by atoms with Gasteiger partial charge in [0.25, 0.3) is 0 Å². The number of nitrogens with one attached hydrogen (secondary N) is 1. The van der Waals surface area contributed by atoms with E-state index in [0.717, 1.165) is 34.0 Å². The first kappa shape index (κ1) is 13.2. The third-order valence-electron chi connectivity index (χ3n) is 3.06. The molecule has 0 amide bonds. The van der Waals surface area contributed by atoms with Gasteiger partial charge in [-0.2, -0.15) is 5.26 Å². The van der Waals surface area contributed by atoms with E-state index < -0.39 is 0 Å². The van der Waals surface area contributed by atoms with Crippen molar-refractivity contribution in [3.63, 3.8) is 0 Å². The van der Waals surface area contributed by atoms with Gasteiger partial charge in [0.05, 0.1) is 11.8 Å². The van der Waals surface area contributed by atoms with Crippen molar-refractivity contribution in [2.75, 3.05) is 11.9 Å². The first-order valence-electron chi connectivity index (χ1n) is 5.32. The summed E-state index contributed by atoms with van der Waals surface area (Å²) < 4.78 is 1.87. The van der Waals surface area contributed by atoms with Gasteiger partial charge in [-0.15, -0.1) is 0 Å². The van der Waals surface area contributed by atoms with Gasteiger partial charge in [-0.3, -0.25) is 0 Å². The number of nitrogens with zero attached hydrogens (tertiary/aromatic N) is 1. The predicted octanol–water partition coefficient (Wildman–Crippen LogP) is 4.97. The van der Waals surface area contributed by atoms with Gasteiger partial charge in [-0.05, 0) is 56.8 Å². The molecular formula is C12H11Br2ClN2. The fourth-order valence-corrected chi connectivity index (χ4v) is 3.70. The Hall–Kier alpha value is -0.240. The second-order valence-electron chi connectivity index (χ2n) is 4.43. The summed E-state index contributed by atoms with van der Waals surface area (Å²) in [5, 5.41) is 12.9. The van der Waals surface area contributed by atoms with Crippen molar-refractivity contribution in [1.29, 1.82) is 5.26 Å². The van der Waals surface area contributed by atoms with Crippen molar-refractivity contribution in [1.82, 2.24) is 0 Å². The summed E-state index contributed by atoms with van der Waals surface area (Å²) >= 11 is 12.9. The van der Waals surface area contributed by atoms with E-state index in [1.165, 1.54) is 0 Å². The Labute approximate surface area is 123 Å². The topological polar surface area (TPSA) is 35.8 Å². The van der Waals surface area contributed by atoms with Crippen LogP contribution in [-0.4, -0.2) is 6.54 Å². The Morgan fingerprint density at radius 2 is 1.94 bits per heavy atom. The third kappa shape index (κ3) is 3.15. The van der Waals surface area contributed by atoms with Crippen LogP contribution in [0.2, 0.25) is 5.02 Å². The predicted molar refractivity (Wildman–Crippen MR) is 77.2 cm³/mol. The summed E-state index contributed by atoms with van der Waals surface area (Å²) in [4.78, 5) is 0. The number of halogens is 3. The molecule has 0 atom stereocenters. The lowest BCUT2D eigenvalue weighted by Crippen LogP contribution is -2.15. The third-order valence-corrected chi connectivity index (χ3v) is 4.53. The Morgan fingerprint density at radius 1 is 1.35 bits per heavy atom. The van der Waals surface area contributed by atoms with Crippen molar-refractivity contribution in [3.05, 3.63) is 26.1 Å². The summed E-state index contributed by atoms with van der Waals surface area (Å²) in [6, 6.07) is 5.98. The molecule has 5 heteroatoms. The lowest BCUT2D eigenvalue weighted by atomic mass is 10.0. The van der Waals surface area contributed by atoms with Crippen molar-refractivity contribution >= 4 is 49.1 Å². The molecule has 1 saturated carbocycles. The summed E-state index contributed by atoms with van der Waals surface area (Å²) in [6.45, 7) is 0.833. The normalized spacial score (nSPS) is 16.4. The van der Waals surface area contributed by atoms with Gasteiger partial charge in [-0.1, -0.05) is 11.6 Å². The van der Waals surface area contributed by atoms with Gasteiger partial charge in [0.1, 0.15) is 0 Å². The van der Waals surface area contributed by atoms with E-state index in [1.54, 1.807) is 0 Å². The average Bonchev–Trinajstić information content (AvgIpc) is 2.97. The minimum atomic E-state index is 0.188. The van der Waals surface area contributed by atoms with E-state index in [1.807, 2.05) is 12.1 Å². The number of anilines is 1. The Morgan fingerprint density at radius 3 is 2.41 bits per heavy atom.